The Kier molecular flexibility index (Phi) is 3.09. The van der Waals surface area contributed by atoms with Crippen LogP contribution in [0.25, 0.3) is 11.0 Å². The van der Waals surface area contributed by atoms with E-state index in [4.69, 9.17) is 9.15 Å². The molecule has 3 rings (SSSR count). The fraction of sp³-hybridized carbons (Fsp3) is 0.0667. The van der Waals surface area contributed by atoms with Gasteiger partial charge >= 0.3 is 5.97 Å². The number of ether oxygens (including phenoxy) is 2. The molecule has 0 fully saturated rings. The van der Waals surface area contributed by atoms with Gasteiger partial charge < -0.3 is 13.9 Å². The van der Waals surface area contributed by atoms with Gasteiger partial charge in [0.2, 0.25) is 5.88 Å². The Labute approximate surface area is 114 Å². The van der Waals surface area contributed by atoms with Crippen molar-refractivity contribution in [3.8, 4) is 11.6 Å². The lowest BCUT2D eigenvalue weighted by Crippen LogP contribution is -2.00. The number of benzene rings is 1. The average molecular weight is 269 g/mol. The van der Waals surface area contributed by atoms with E-state index in [2.05, 4.69) is 9.72 Å². The van der Waals surface area contributed by atoms with Crippen LogP contribution in [-0.2, 0) is 4.74 Å². The van der Waals surface area contributed by atoms with Crippen molar-refractivity contribution in [2.45, 2.75) is 0 Å². The molecule has 0 amide bonds. The van der Waals surface area contributed by atoms with Gasteiger partial charge in [0.1, 0.15) is 11.3 Å². The number of nitrogens with zero attached hydrogens (tertiary/aromatic N) is 1. The molecule has 100 valence electrons. The molecular formula is C15H11NO4. The first-order valence-electron chi connectivity index (χ1n) is 5.96. The molecule has 0 N–H and O–H groups in total. The molecule has 3 aromatic rings. The van der Waals surface area contributed by atoms with Gasteiger partial charge in [-0.25, -0.2) is 9.78 Å². The molecule has 0 saturated carbocycles. The number of carbonyl (C=O) groups excluding carboxylic acids is 1. The van der Waals surface area contributed by atoms with Crippen LogP contribution in [-0.4, -0.2) is 18.1 Å². The normalized spacial score (nSPS) is 10.4. The van der Waals surface area contributed by atoms with Crippen LogP contribution in [0.5, 0.6) is 11.6 Å². The van der Waals surface area contributed by atoms with Crippen LogP contribution in [0.3, 0.4) is 0 Å². The number of carbonyl (C=O) groups is 1. The van der Waals surface area contributed by atoms with Gasteiger partial charge in [0.15, 0.2) is 0 Å². The highest BCUT2D eigenvalue weighted by atomic mass is 16.5. The number of furan rings is 1. The van der Waals surface area contributed by atoms with E-state index in [9.17, 15) is 4.79 Å². The Balaban J connectivity index is 1.88. The van der Waals surface area contributed by atoms with E-state index in [0.717, 1.165) is 5.39 Å². The van der Waals surface area contributed by atoms with E-state index in [1.165, 1.54) is 7.11 Å². The van der Waals surface area contributed by atoms with Crippen LogP contribution in [0.4, 0.5) is 0 Å². The number of rotatable bonds is 3. The number of fused-ring (bicyclic) bond motifs is 1. The Morgan fingerprint density at radius 2 is 1.95 bits per heavy atom. The Bertz CT molecular complexity index is 746. The molecule has 1 aromatic carbocycles. The first-order chi connectivity index (χ1) is 9.78. The summed E-state index contributed by atoms with van der Waals surface area (Å²) in [5.74, 6) is 0.660. The highest BCUT2D eigenvalue weighted by molar-refractivity contribution is 5.89. The molecule has 0 radical (unpaired) electrons. The summed E-state index contributed by atoms with van der Waals surface area (Å²) in [6.45, 7) is 0. The largest absolute Gasteiger partial charge is 0.465 e. The van der Waals surface area contributed by atoms with Crippen molar-refractivity contribution in [3.05, 3.63) is 54.4 Å². The summed E-state index contributed by atoms with van der Waals surface area (Å²) in [6.07, 6.45) is 3.20. The number of pyridine rings is 1. The van der Waals surface area contributed by atoms with Crippen molar-refractivity contribution >= 4 is 16.9 Å². The second-order valence-corrected chi connectivity index (χ2v) is 4.07. The Morgan fingerprint density at radius 3 is 2.70 bits per heavy atom. The van der Waals surface area contributed by atoms with E-state index >= 15 is 0 Å². The Morgan fingerprint density at radius 1 is 1.15 bits per heavy atom. The van der Waals surface area contributed by atoms with E-state index in [-0.39, 0.29) is 5.97 Å². The van der Waals surface area contributed by atoms with Crippen LogP contribution in [0.2, 0.25) is 0 Å². The van der Waals surface area contributed by atoms with Gasteiger partial charge in [-0.05, 0) is 36.4 Å². The molecule has 0 atom stereocenters. The number of esters is 1. The van der Waals surface area contributed by atoms with E-state index in [0.29, 0.717) is 22.8 Å². The summed E-state index contributed by atoms with van der Waals surface area (Å²) in [7, 11) is 1.34. The zero-order valence-electron chi connectivity index (χ0n) is 10.7. The number of aromatic nitrogens is 1. The minimum atomic E-state index is -0.383. The number of hydrogen-bond donors (Lipinski definition) is 0. The van der Waals surface area contributed by atoms with Gasteiger partial charge in [0.05, 0.1) is 24.3 Å². The van der Waals surface area contributed by atoms with Gasteiger partial charge in [-0.15, -0.1) is 0 Å². The molecule has 2 aromatic heterocycles. The van der Waals surface area contributed by atoms with Crippen molar-refractivity contribution in [2.75, 3.05) is 7.11 Å². The fourth-order valence-corrected chi connectivity index (χ4v) is 1.84. The lowest BCUT2D eigenvalue weighted by Gasteiger charge is -2.06. The monoisotopic (exact) mass is 269 g/mol. The number of hydrogen-bond acceptors (Lipinski definition) is 5. The zero-order chi connectivity index (χ0) is 13.9. The van der Waals surface area contributed by atoms with Crippen LogP contribution >= 0.6 is 0 Å². The summed E-state index contributed by atoms with van der Waals surface area (Å²) >= 11 is 0. The van der Waals surface area contributed by atoms with Crippen molar-refractivity contribution in [3.63, 3.8) is 0 Å². The fourth-order valence-electron chi connectivity index (χ4n) is 1.84. The van der Waals surface area contributed by atoms with Crippen LogP contribution in [0, 0.1) is 0 Å². The van der Waals surface area contributed by atoms with Crippen LogP contribution < -0.4 is 4.74 Å². The molecule has 0 spiro atoms. The SMILES string of the molecule is COC(=O)c1ccc(Oc2nccc3occc23)cc1. The zero-order valence-corrected chi connectivity index (χ0v) is 10.7. The molecule has 0 unspecified atom stereocenters. The third-order valence-corrected chi connectivity index (χ3v) is 2.83. The molecule has 2 heterocycles. The molecule has 5 heteroatoms. The lowest BCUT2D eigenvalue weighted by atomic mass is 10.2. The molecule has 5 nitrogen and oxygen atoms in total. The van der Waals surface area contributed by atoms with Crippen molar-refractivity contribution in [1.82, 2.24) is 4.98 Å². The smallest absolute Gasteiger partial charge is 0.337 e. The third-order valence-electron chi connectivity index (χ3n) is 2.83. The second kappa shape index (κ2) is 5.05. The summed E-state index contributed by atoms with van der Waals surface area (Å²) < 4.78 is 15.6. The highest BCUT2D eigenvalue weighted by Gasteiger charge is 2.08. The Hall–Kier alpha value is -2.82. The van der Waals surface area contributed by atoms with Gasteiger partial charge in [-0.1, -0.05) is 0 Å². The second-order valence-electron chi connectivity index (χ2n) is 4.07. The minimum absolute atomic E-state index is 0.383. The van der Waals surface area contributed by atoms with Gasteiger partial charge in [0.25, 0.3) is 0 Å². The summed E-state index contributed by atoms with van der Waals surface area (Å²) in [4.78, 5) is 15.5. The molecule has 0 saturated heterocycles. The van der Waals surface area contributed by atoms with E-state index in [1.807, 2.05) is 0 Å². The van der Waals surface area contributed by atoms with Crippen molar-refractivity contribution in [1.29, 1.82) is 0 Å². The first-order valence-corrected chi connectivity index (χ1v) is 5.96. The molecule has 0 aliphatic heterocycles. The number of methoxy groups -OCH3 is 1. The molecule has 0 bridgehead atoms. The van der Waals surface area contributed by atoms with Crippen molar-refractivity contribution < 1.29 is 18.7 Å². The molecule has 0 aliphatic rings. The lowest BCUT2D eigenvalue weighted by molar-refractivity contribution is 0.0600. The van der Waals surface area contributed by atoms with Gasteiger partial charge in [-0.3, -0.25) is 0 Å². The molecule has 20 heavy (non-hydrogen) atoms. The quantitative estimate of drug-likeness (QED) is 0.682. The maximum Gasteiger partial charge on any atom is 0.337 e. The van der Waals surface area contributed by atoms with Crippen molar-refractivity contribution in [2.24, 2.45) is 0 Å². The van der Waals surface area contributed by atoms with Crippen LogP contribution in [0.1, 0.15) is 10.4 Å². The average Bonchev–Trinajstić information content (AvgIpc) is 2.97. The maximum atomic E-state index is 11.3. The topological polar surface area (TPSA) is 61.6 Å². The minimum Gasteiger partial charge on any atom is -0.465 e. The summed E-state index contributed by atoms with van der Waals surface area (Å²) in [6, 6.07) is 10.2. The van der Waals surface area contributed by atoms with E-state index in [1.54, 1.807) is 48.9 Å². The maximum absolute atomic E-state index is 11.3. The summed E-state index contributed by atoms with van der Waals surface area (Å²) in [5, 5.41) is 0.796. The predicted octanol–water partition coefficient (Wildman–Crippen LogP) is 3.41. The van der Waals surface area contributed by atoms with Crippen LogP contribution in [0.15, 0.2) is 53.3 Å². The van der Waals surface area contributed by atoms with Gasteiger partial charge in [-0.2, -0.15) is 0 Å². The predicted molar refractivity (Wildman–Crippen MR) is 71.9 cm³/mol. The highest BCUT2D eigenvalue weighted by Crippen LogP contribution is 2.28. The molecule has 0 aliphatic carbocycles. The third kappa shape index (κ3) is 2.21. The van der Waals surface area contributed by atoms with Gasteiger partial charge in [0, 0.05) is 6.20 Å². The summed E-state index contributed by atoms with van der Waals surface area (Å²) in [5.41, 5.74) is 1.18. The first kappa shape index (κ1) is 12.2. The van der Waals surface area contributed by atoms with E-state index < -0.39 is 0 Å². The standard InChI is InChI=1S/C15H11NO4/c1-18-15(17)10-2-4-11(5-3-10)20-14-12-7-9-19-13(12)6-8-16-14/h2-9H,1H3. The molecular weight excluding hydrogens is 258 g/mol.